The fourth-order valence-corrected chi connectivity index (χ4v) is 3.81. The second-order valence-electron chi connectivity index (χ2n) is 6.75. The highest BCUT2D eigenvalue weighted by atomic mass is 16.5. The maximum Gasteiger partial charge on any atom is 0.271 e. The third-order valence-corrected chi connectivity index (χ3v) is 5.24. The van der Waals surface area contributed by atoms with Gasteiger partial charge in [0.2, 0.25) is 0 Å². The third kappa shape index (κ3) is 3.67. The molecule has 2 heterocycles. The Morgan fingerprint density at radius 1 is 1.25 bits per heavy atom. The van der Waals surface area contributed by atoms with Crippen LogP contribution >= 0.6 is 0 Å². The molecule has 1 N–H and O–H groups in total. The van der Waals surface area contributed by atoms with E-state index in [-0.39, 0.29) is 22.7 Å². The maximum absolute atomic E-state index is 12.4. The van der Waals surface area contributed by atoms with Crippen molar-refractivity contribution in [1.82, 2.24) is 20.0 Å². The predicted octanol–water partition coefficient (Wildman–Crippen LogP) is 0.545. The standard InChI is InChI=1S/C17H26N4O3/c1-20-15(22)6-5-14(19-20)16(23)18-13-17(7-3-2-4-8-17)21-9-11-24-12-10-21/h5-6H,2-4,7-13H2,1H3,(H,18,23). The summed E-state index contributed by atoms with van der Waals surface area (Å²) in [4.78, 5) is 26.3. The van der Waals surface area contributed by atoms with E-state index in [1.54, 1.807) is 7.05 Å². The van der Waals surface area contributed by atoms with Crippen LogP contribution in [0.4, 0.5) is 0 Å². The van der Waals surface area contributed by atoms with Gasteiger partial charge in [0.15, 0.2) is 0 Å². The maximum atomic E-state index is 12.4. The monoisotopic (exact) mass is 334 g/mol. The number of hydrogen-bond donors (Lipinski definition) is 1. The number of morpholine rings is 1. The van der Waals surface area contributed by atoms with E-state index in [1.165, 1.54) is 36.1 Å². The first-order chi connectivity index (χ1) is 11.6. The van der Waals surface area contributed by atoms with Crippen LogP contribution in [-0.2, 0) is 11.8 Å². The van der Waals surface area contributed by atoms with Gasteiger partial charge in [-0.1, -0.05) is 19.3 Å². The lowest BCUT2D eigenvalue weighted by Gasteiger charge is -2.48. The van der Waals surface area contributed by atoms with Crippen LogP contribution in [0.5, 0.6) is 0 Å². The van der Waals surface area contributed by atoms with Crippen LogP contribution in [-0.4, -0.2) is 59.0 Å². The largest absolute Gasteiger partial charge is 0.379 e. The van der Waals surface area contributed by atoms with Crippen molar-refractivity contribution in [3.05, 3.63) is 28.2 Å². The molecule has 1 aromatic rings. The summed E-state index contributed by atoms with van der Waals surface area (Å²) in [5.74, 6) is -0.219. The molecule has 0 unspecified atom stereocenters. The summed E-state index contributed by atoms with van der Waals surface area (Å²) in [6.07, 6.45) is 5.88. The first-order valence-electron chi connectivity index (χ1n) is 8.76. The van der Waals surface area contributed by atoms with E-state index in [1.807, 2.05) is 0 Å². The molecule has 0 atom stereocenters. The molecule has 132 valence electrons. The molecular formula is C17H26N4O3. The quantitative estimate of drug-likeness (QED) is 0.870. The third-order valence-electron chi connectivity index (χ3n) is 5.24. The number of nitrogens with one attached hydrogen (secondary N) is 1. The van der Waals surface area contributed by atoms with E-state index in [0.717, 1.165) is 39.1 Å². The number of amides is 1. The van der Waals surface area contributed by atoms with Gasteiger partial charge in [-0.05, 0) is 18.9 Å². The molecule has 1 saturated heterocycles. The second-order valence-corrected chi connectivity index (χ2v) is 6.75. The lowest BCUT2D eigenvalue weighted by atomic mass is 9.79. The van der Waals surface area contributed by atoms with Crippen molar-refractivity contribution in [2.45, 2.75) is 37.6 Å². The van der Waals surface area contributed by atoms with Gasteiger partial charge in [-0.15, -0.1) is 0 Å². The molecule has 7 nitrogen and oxygen atoms in total. The van der Waals surface area contributed by atoms with Crippen molar-refractivity contribution in [2.24, 2.45) is 7.05 Å². The van der Waals surface area contributed by atoms with E-state index < -0.39 is 0 Å². The molecule has 1 saturated carbocycles. The lowest BCUT2D eigenvalue weighted by Crippen LogP contribution is -2.59. The average molecular weight is 334 g/mol. The summed E-state index contributed by atoms with van der Waals surface area (Å²) in [6.45, 7) is 3.99. The Hall–Kier alpha value is -1.73. The Labute approximate surface area is 142 Å². The molecule has 2 aliphatic rings. The van der Waals surface area contributed by atoms with Crippen LogP contribution in [0.15, 0.2) is 16.9 Å². The highest BCUT2D eigenvalue weighted by Gasteiger charge is 2.38. The Morgan fingerprint density at radius 3 is 2.62 bits per heavy atom. The van der Waals surface area contributed by atoms with Gasteiger partial charge in [0, 0.05) is 38.3 Å². The zero-order chi connectivity index (χ0) is 17.0. The van der Waals surface area contributed by atoms with Crippen molar-refractivity contribution in [3.63, 3.8) is 0 Å². The summed E-state index contributed by atoms with van der Waals surface area (Å²) in [5.41, 5.74) is 0.0897. The van der Waals surface area contributed by atoms with Gasteiger partial charge in [-0.25, -0.2) is 4.68 Å². The Kier molecular flexibility index (Phi) is 5.30. The van der Waals surface area contributed by atoms with Gasteiger partial charge in [0.25, 0.3) is 11.5 Å². The average Bonchev–Trinajstić information content (AvgIpc) is 2.63. The zero-order valence-electron chi connectivity index (χ0n) is 14.3. The van der Waals surface area contributed by atoms with E-state index in [4.69, 9.17) is 4.74 Å². The number of aryl methyl sites for hydroxylation is 1. The summed E-state index contributed by atoms with van der Waals surface area (Å²) < 4.78 is 6.67. The molecule has 0 spiro atoms. The molecule has 1 amide bonds. The van der Waals surface area contributed by atoms with Crippen LogP contribution in [0.1, 0.15) is 42.6 Å². The first-order valence-corrected chi connectivity index (χ1v) is 8.76. The number of ether oxygens (including phenoxy) is 1. The molecule has 0 radical (unpaired) electrons. The molecule has 3 rings (SSSR count). The summed E-state index contributed by atoms with van der Waals surface area (Å²) >= 11 is 0. The lowest BCUT2D eigenvalue weighted by molar-refractivity contribution is -0.0361. The van der Waals surface area contributed by atoms with E-state index in [0.29, 0.717) is 6.54 Å². The highest BCUT2D eigenvalue weighted by molar-refractivity contribution is 5.92. The number of carbonyl (C=O) groups excluding carboxylic acids is 1. The second kappa shape index (κ2) is 7.44. The normalized spacial score (nSPS) is 21.4. The van der Waals surface area contributed by atoms with Gasteiger partial charge >= 0.3 is 0 Å². The Balaban J connectivity index is 1.69. The number of aromatic nitrogens is 2. The molecule has 24 heavy (non-hydrogen) atoms. The Morgan fingerprint density at radius 2 is 1.96 bits per heavy atom. The molecular weight excluding hydrogens is 308 g/mol. The minimum absolute atomic E-state index is 0.0261. The number of hydrogen-bond acceptors (Lipinski definition) is 5. The minimum atomic E-state index is -0.219. The molecule has 7 heteroatoms. The SMILES string of the molecule is Cn1nc(C(=O)NCC2(N3CCOCC3)CCCCC2)ccc1=O. The topological polar surface area (TPSA) is 76.5 Å². The van der Waals surface area contributed by atoms with Gasteiger partial charge < -0.3 is 10.1 Å². The van der Waals surface area contributed by atoms with E-state index >= 15 is 0 Å². The van der Waals surface area contributed by atoms with Crippen LogP contribution < -0.4 is 10.9 Å². The molecule has 0 aromatic carbocycles. The van der Waals surface area contributed by atoms with Gasteiger partial charge in [-0.3, -0.25) is 14.5 Å². The van der Waals surface area contributed by atoms with Crippen LogP contribution in [0.25, 0.3) is 0 Å². The smallest absolute Gasteiger partial charge is 0.271 e. The summed E-state index contributed by atoms with van der Waals surface area (Å²) in [7, 11) is 1.55. The zero-order valence-corrected chi connectivity index (χ0v) is 14.3. The summed E-state index contributed by atoms with van der Waals surface area (Å²) in [5, 5.41) is 7.08. The van der Waals surface area contributed by atoms with E-state index in [9.17, 15) is 9.59 Å². The molecule has 1 aliphatic carbocycles. The fraction of sp³-hybridized carbons (Fsp3) is 0.706. The summed E-state index contributed by atoms with van der Waals surface area (Å²) in [6, 6.07) is 2.86. The minimum Gasteiger partial charge on any atom is -0.379 e. The van der Waals surface area contributed by atoms with Crippen molar-refractivity contribution in [2.75, 3.05) is 32.8 Å². The predicted molar refractivity (Wildman–Crippen MR) is 90.0 cm³/mol. The fourth-order valence-electron chi connectivity index (χ4n) is 3.81. The van der Waals surface area contributed by atoms with Gasteiger partial charge in [-0.2, -0.15) is 5.10 Å². The first kappa shape index (κ1) is 17.1. The van der Waals surface area contributed by atoms with Crippen molar-refractivity contribution in [3.8, 4) is 0 Å². The molecule has 1 aromatic heterocycles. The van der Waals surface area contributed by atoms with Crippen molar-refractivity contribution < 1.29 is 9.53 Å². The van der Waals surface area contributed by atoms with Crippen LogP contribution in [0, 0.1) is 0 Å². The highest BCUT2D eigenvalue weighted by Crippen LogP contribution is 2.33. The number of rotatable bonds is 4. The van der Waals surface area contributed by atoms with Gasteiger partial charge in [0.1, 0.15) is 5.69 Å². The van der Waals surface area contributed by atoms with E-state index in [2.05, 4.69) is 15.3 Å². The van der Waals surface area contributed by atoms with Gasteiger partial charge in [0.05, 0.1) is 13.2 Å². The number of carbonyl (C=O) groups is 1. The van der Waals surface area contributed by atoms with Crippen LogP contribution in [0.3, 0.4) is 0 Å². The molecule has 1 aliphatic heterocycles. The number of nitrogens with zero attached hydrogens (tertiary/aromatic N) is 3. The molecule has 2 fully saturated rings. The van der Waals surface area contributed by atoms with Crippen LogP contribution in [0.2, 0.25) is 0 Å². The molecule has 0 bridgehead atoms. The van der Waals surface area contributed by atoms with Crippen molar-refractivity contribution >= 4 is 5.91 Å². The Bertz CT molecular complexity index is 631. The van der Waals surface area contributed by atoms with Crippen molar-refractivity contribution in [1.29, 1.82) is 0 Å².